The second kappa shape index (κ2) is 7.93. The van der Waals surface area contributed by atoms with Gasteiger partial charge in [0.05, 0.1) is 11.0 Å². The van der Waals surface area contributed by atoms with E-state index in [1.54, 1.807) is 0 Å². The summed E-state index contributed by atoms with van der Waals surface area (Å²) in [6.07, 6.45) is -2.61. The summed E-state index contributed by atoms with van der Waals surface area (Å²) < 4.78 is 0. The Morgan fingerprint density at radius 2 is 2.23 bits per heavy atom. The standard InChI is InChI=1S/C12H15N5O5/c1-7(18)15-9-3-2-8(6-10(9)17(21)22)12(20)11(19)4-5-14-16-13/h2-3,6,11-12,19-20H,4-5H2,1H3,(H,15,18). The molecule has 10 nitrogen and oxygen atoms in total. The predicted octanol–water partition coefficient (Wildman–Crippen LogP) is 1.65. The molecule has 0 bridgehead atoms. The average molecular weight is 309 g/mol. The SMILES string of the molecule is CC(=O)Nc1ccc(C(O)C(O)CCN=[N+]=[N-])cc1[N+](=O)[O-]. The molecule has 1 rings (SSSR count). The number of rotatable bonds is 7. The van der Waals surface area contributed by atoms with Gasteiger partial charge in [-0.1, -0.05) is 11.2 Å². The highest BCUT2D eigenvalue weighted by atomic mass is 16.6. The number of nitrogens with one attached hydrogen (secondary N) is 1. The van der Waals surface area contributed by atoms with Gasteiger partial charge in [-0.05, 0) is 23.6 Å². The molecule has 0 aliphatic carbocycles. The number of nitro benzene ring substituents is 1. The third-order valence-electron chi connectivity index (χ3n) is 2.82. The van der Waals surface area contributed by atoms with Gasteiger partial charge in [-0.2, -0.15) is 0 Å². The van der Waals surface area contributed by atoms with E-state index >= 15 is 0 Å². The third kappa shape index (κ3) is 4.70. The highest BCUT2D eigenvalue weighted by Crippen LogP contribution is 2.29. The number of carbonyl (C=O) groups excluding carboxylic acids is 1. The summed E-state index contributed by atoms with van der Waals surface area (Å²) in [6.45, 7) is 1.20. The molecule has 0 spiro atoms. The zero-order valence-electron chi connectivity index (χ0n) is 11.7. The Morgan fingerprint density at radius 3 is 2.77 bits per heavy atom. The van der Waals surface area contributed by atoms with Crippen molar-refractivity contribution >= 4 is 17.3 Å². The quantitative estimate of drug-likeness (QED) is 0.229. The number of hydrogen-bond donors (Lipinski definition) is 3. The first-order valence-corrected chi connectivity index (χ1v) is 6.29. The van der Waals surface area contributed by atoms with Crippen LogP contribution in [0.15, 0.2) is 23.3 Å². The second-order valence-corrected chi connectivity index (χ2v) is 4.47. The zero-order chi connectivity index (χ0) is 16.7. The van der Waals surface area contributed by atoms with Crippen LogP contribution in [-0.2, 0) is 4.79 Å². The highest BCUT2D eigenvalue weighted by molar-refractivity contribution is 5.91. The maximum absolute atomic E-state index is 11.0. The number of nitrogens with zero attached hydrogens (tertiary/aromatic N) is 4. The molecule has 2 atom stereocenters. The van der Waals surface area contributed by atoms with Gasteiger partial charge in [-0.25, -0.2) is 0 Å². The van der Waals surface area contributed by atoms with Crippen LogP contribution in [-0.4, -0.2) is 33.7 Å². The van der Waals surface area contributed by atoms with Gasteiger partial charge in [0.25, 0.3) is 5.69 Å². The number of aliphatic hydroxyl groups is 2. The van der Waals surface area contributed by atoms with Crippen molar-refractivity contribution in [2.45, 2.75) is 25.6 Å². The topological polar surface area (TPSA) is 161 Å². The van der Waals surface area contributed by atoms with Crippen molar-refractivity contribution in [3.05, 3.63) is 44.3 Å². The maximum atomic E-state index is 11.0. The zero-order valence-corrected chi connectivity index (χ0v) is 11.7. The van der Waals surface area contributed by atoms with Gasteiger partial charge >= 0.3 is 0 Å². The monoisotopic (exact) mass is 309 g/mol. The second-order valence-electron chi connectivity index (χ2n) is 4.47. The normalized spacial score (nSPS) is 12.9. The minimum atomic E-state index is -1.38. The van der Waals surface area contributed by atoms with Crippen molar-refractivity contribution in [1.82, 2.24) is 0 Å². The van der Waals surface area contributed by atoms with Crippen LogP contribution in [0.3, 0.4) is 0 Å². The Bertz CT molecular complexity index is 614. The van der Waals surface area contributed by atoms with Crippen LogP contribution in [0.1, 0.15) is 25.0 Å². The van der Waals surface area contributed by atoms with E-state index in [1.165, 1.54) is 19.1 Å². The van der Waals surface area contributed by atoms with E-state index in [0.29, 0.717) is 0 Å². The van der Waals surface area contributed by atoms with Gasteiger partial charge in [0, 0.05) is 24.4 Å². The van der Waals surface area contributed by atoms with Crippen molar-refractivity contribution in [2.24, 2.45) is 5.11 Å². The Hall–Kier alpha value is -2.68. The predicted molar refractivity (Wildman–Crippen MR) is 77.0 cm³/mol. The number of hydrogen-bond acceptors (Lipinski definition) is 6. The molecule has 0 saturated heterocycles. The van der Waals surface area contributed by atoms with Crippen molar-refractivity contribution in [2.75, 3.05) is 11.9 Å². The van der Waals surface area contributed by atoms with Crippen LogP contribution >= 0.6 is 0 Å². The van der Waals surface area contributed by atoms with Gasteiger partial charge in [0.2, 0.25) is 5.91 Å². The fourth-order valence-corrected chi connectivity index (χ4v) is 1.79. The Kier molecular flexibility index (Phi) is 6.26. The molecule has 0 aliphatic rings. The summed E-state index contributed by atoms with van der Waals surface area (Å²) in [4.78, 5) is 23.8. The molecule has 1 aromatic rings. The van der Waals surface area contributed by atoms with Crippen molar-refractivity contribution in [1.29, 1.82) is 0 Å². The molecule has 10 heteroatoms. The van der Waals surface area contributed by atoms with E-state index in [-0.39, 0.29) is 24.2 Å². The maximum Gasteiger partial charge on any atom is 0.293 e. The van der Waals surface area contributed by atoms with Gasteiger partial charge in [0.1, 0.15) is 11.8 Å². The van der Waals surface area contributed by atoms with E-state index in [4.69, 9.17) is 5.53 Å². The van der Waals surface area contributed by atoms with Gasteiger partial charge < -0.3 is 15.5 Å². The summed E-state index contributed by atoms with van der Waals surface area (Å²) >= 11 is 0. The number of carbonyl (C=O) groups is 1. The Morgan fingerprint density at radius 1 is 1.55 bits per heavy atom. The molecule has 118 valence electrons. The smallest absolute Gasteiger partial charge is 0.293 e. The molecular formula is C12H15N5O5. The summed E-state index contributed by atoms with van der Waals surface area (Å²) in [6, 6.07) is 3.71. The fourth-order valence-electron chi connectivity index (χ4n) is 1.79. The number of aliphatic hydroxyl groups excluding tert-OH is 2. The van der Waals surface area contributed by atoms with Crippen molar-refractivity contribution in [3.8, 4) is 0 Å². The van der Waals surface area contributed by atoms with Crippen molar-refractivity contribution in [3.63, 3.8) is 0 Å². The Labute approximate surface area is 125 Å². The van der Waals surface area contributed by atoms with Gasteiger partial charge in [0.15, 0.2) is 0 Å². The van der Waals surface area contributed by atoms with Gasteiger partial charge in [-0.3, -0.25) is 14.9 Å². The lowest BCUT2D eigenvalue weighted by Gasteiger charge is -2.17. The molecule has 0 aliphatic heterocycles. The molecule has 22 heavy (non-hydrogen) atoms. The van der Waals surface area contributed by atoms with Crippen LogP contribution in [0, 0.1) is 10.1 Å². The third-order valence-corrected chi connectivity index (χ3v) is 2.82. The fraction of sp³-hybridized carbons (Fsp3) is 0.417. The molecule has 3 N–H and O–H groups in total. The summed E-state index contributed by atoms with van der Waals surface area (Å²) in [5, 5.41) is 36.3. The van der Waals surface area contributed by atoms with E-state index < -0.39 is 28.7 Å². The van der Waals surface area contributed by atoms with E-state index in [0.717, 1.165) is 6.07 Å². The van der Waals surface area contributed by atoms with E-state index in [1.807, 2.05) is 0 Å². The number of benzene rings is 1. The lowest BCUT2D eigenvalue weighted by atomic mass is 10.0. The van der Waals surface area contributed by atoms with E-state index in [9.17, 15) is 25.1 Å². The molecule has 0 heterocycles. The van der Waals surface area contributed by atoms with Gasteiger partial charge in [-0.15, -0.1) is 0 Å². The molecule has 0 aromatic heterocycles. The first-order chi connectivity index (χ1) is 10.4. The summed E-state index contributed by atoms with van der Waals surface area (Å²) in [5.41, 5.74) is 7.86. The molecule has 0 saturated carbocycles. The Balaban J connectivity index is 3.00. The average Bonchev–Trinajstić information content (AvgIpc) is 2.46. The molecule has 0 radical (unpaired) electrons. The molecular weight excluding hydrogens is 294 g/mol. The van der Waals surface area contributed by atoms with E-state index in [2.05, 4.69) is 15.3 Å². The van der Waals surface area contributed by atoms with Crippen LogP contribution in [0.2, 0.25) is 0 Å². The minimum absolute atomic E-state index is 0.00276. The molecule has 1 amide bonds. The molecule has 2 unspecified atom stereocenters. The lowest BCUT2D eigenvalue weighted by Crippen LogP contribution is -2.19. The molecule has 1 aromatic carbocycles. The van der Waals surface area contributed by atoms with Crippen LogP contribution in [0.5, 0.6) is 0 Å². The highest BCUT2D eigenvalue weighted by Gasteiger charge is 2.22. The van der Waals surface area contributed by atoms with Crippen LogP contribution in [0.25, 0.3) is 10.4 Å². The summed E-state index contributed by atoms with van der Waals surface area (Å²) in [5.74, 6) is -0.467. The number of nitro groups is 1. The number of amides is 1. The van der Waals surface area contributed by atoms with Crippen LogP contribution in [0.4, 0.5) is 11.4 Å². The largest absolute Gasteiger partial charge is 0.390 e. The lowest BCUT2D eigenvalue weighted by molar-refractivity contribution is -0.384. The van der Waals surface area contributed by atoms with Crippen LogP contribution < -0.4 is 5.32 Å². The minimum Gasteiger partial charge on any atom is -0.390 e. The first-order valence-electron chi connectivity index (χ1n) is 6.29. The molecule has 0 fully saturated rings. The summed E-state index contributed by atoms with van der Waals surface area (Å²) in [7, 11) is 0. The number of anilines is 1. The first kappa shape index (κ1) is 17.4. The van der Waals surface area contributed by atoms with Crippen molar-refractivity contribution < 1.29 is 19.9 Å². The number of azide groups is 1.